The molecule has 1 fully saturated rings. The summed E-state index contributed by atoms with van der Waals surface area (Å²) in [6.07, 6.45) is 11.0. The Bertz CT molecular complexity index is 139. The summed E-state index contributed by atoms with van der Waals surface area (Å²) < 4.78 is 0. The lowest BCUT2D eigenvalue weighted by Gasteiger charge is -2.22. The van der Waals surface area contributed by atoms with Crippen LogP contribution in [0.3, 0.4) is 0 Å². The summed E-state index contributed by atoms with van der Waals surface area (Å²) in [5.74, 6) is 0.762. The lowest BCUT2D eigenvalue weighted by atomic mass is 9.83. The van der Waals surface area contributed by atoms with Crippen LogP contribution in [0.25, 0.3) is 0 Å². The van der Waals surface area contributed by atoms with Gasteiger partial charge in [-0.3, -0.25) is 0 Å². The van der Waals surface area contributed by atoms with Gasteiger partial charge in [0.2, 0.25) is 0 Å². The summed E-state index contributed by atoms with van der Waals surface area (Å²) in [6.45, 7) is 2.13. The third-order valence-corrected chi connectivity index (χ3v) is 2.58. The summed E-state index contributed by atoms with van der Waals surface area (Å²) in [5, 5.41) is 0. The molecule has 0 aromatic heterocycles. The predicted molar refractivity (Wildman–Crippen MR) is 58.2 cm³/mol. The average molecular weight is 198 g/mol. The second-order valence-corrected chi connectivity index (χ2v) is 3.86. The zero-order valence-electron chi connectivity index (χ0n) is 9.21. The molecule has 0 amide bonds. The Morgan fingerprint density at radius 2 is 1.86 bits per heavy atom. The van der Waals surface area contributed by atoms with Crippen molar-refractivity contribution < 1.29 is 9.59 Å². The van der Waals surface area contributed by atoms with Crippen LogP contribution in [0.15, 0.2) is 0 Å². The first-order chi connectivity index (χ1) is 6.85. The maximum atomic E-state index is 9.81. The van der Waals surface area contributed by atoms with Gasteiger partial charge in [-0.1, -0.05) is 39.0 Å². The van der Waals surface area contributed by atoms with Gasteiger partial charge in [0.1, 0.15) is 12.6 Å². The highest BCUT2D eigenvalue weighted by Crippen LogP contribution is 2.27. The van der Waals surface area contributed by atoms with Gasteiger partial charge in [-0.25, -0.2) is 0 Å². The zero-order chi connectivity index (χ0) is 10.6. The first-order valence-corrected chi connectivity index (χ1v) is 5.72. The summed E-state index contributed by atoms with van der Waals surface area (Å²) in [6, 6.07) is 0. The van der Waals surface area contributed by atoms with E-state index < -0.39 is 0 Å². The summed E-state index contributed by atoms with van der Waals surface area (Å²) in [4.78, 5) is 19.5. The number of carbonyl (C=O) groups excluding carboxylic acids is 2. The van der Waals surface area contributed by atoms with Gasteiger partial charge in [0.05, 0.1) is 0 Å². The molecular weight excluding hydrogens is 176 g/mol. The highest BCUT2D eigenvalue weighted by molar-refractivity contribution is 5.49. The molecule has 1 aliphatic carbocycles. The lowest BCUT2D eigenvalue weighted by Crippen LogP contribution is -2.10. The van der Waals surface area contributed by atoms with Crippen molar-refractivity contribution in [1.29, 1.82) is 0 Å². The van der Waals surface area contributed by atoms with Crippen LogP contribution in [-0.4, -0.2) is 12.6 Å². The highest BCUT2D eigenvalue weighted by atomic mass is 16.1. The minimum atomic E-state index is 0.744. The first-order valence-electron chi connectivity index (χ1n) is 5.72. The van der Waals surface area contributed by atoms with Crippen molar-refractivity contribution in [3.63, 3.8) is 0 Å². The average Bonchev–Trinajstić information content (AvgIpc) is 2.14. The van der Waals surface area contributed by atoms with Crippen LogP contribution in [0, 0.1) is 5.92 Å². The number of aldehydes is 2. The molecule has 0 radical (unpaired) electrons. The Balaban J connectivity index is 0.000000241. The fourth-order valence-electron chi connectivity index (χ4n) is 1.34. The van der Waals surface area contributed by atoms with Gasteiger partial charge < -0.3 is 9.59 Å². The van der Waals surface area contributed by atoms with E-state index in [1.165, 1.54) is 32.1 Å². The molecule has 1 rings (SSSR count). The van der Waals surface area contributed by atoms with E-state index in [1.54, 1.807) is 0 Å². The van der Waals surface area contributed by atoms with Crippen molar-refractivity contribution in [3.05, 3.63) is 0 Å². The molecule has 0 unspecified atom stereocenters. The van der Waals surface area contributed by atoms with E-state index in [0.717, 1.165) is 37.8 Å². The number of rotatable bonds is 6. The van der Waals surface area contributed by atoms with Crippen molar-refractivity contribution in [2.45, 2.75) is 58.3 Å². The van der Waals surface area contributed by atoms with Gasteiger partial charge in [0.25, 0.3) is 0 Å². The van der Waals surface area contributed by atoms with Gasteiger partial charge in [-0.2, -0.15) is 0 Å². The van der Waals surface area contributed by atoms with Crippen molar-refractivity contribution in [2.24, 2.45) is 5.92 Å². The maximum Gasteiger partial charge on any atom is 0.120 e. The van der Waals surface area contributed by atoms with Crippen LogP contribution < -0.4 is 0 Å². The lowest BCUT2D eigenvalue weighted by molar-refractivity contribution is -0.109. The van der Waals surface area contributed by atoms with E-state index in [1.807, 2.05) is 0 Å². The van der Waals surface area contributed by atoms with Crippen LogP contribution in [0.4, 0.5) is 0 Å². The van der Waals surface area contributed by atoms with E-state index >= 15 is 0 Å². The van der Waals surface area contributed by atoms with Gasteiger partial charge in [0.15, 0.2) is 0 Å². The van der Waals surface area contributed by atoms with Crippen LogP contribution >= 0.6 is 0 Å². The minimum absolute atomic E-state index is 0.744. The van der Waals surface area contributed by atoms with Gasteiger partial charge in [-0.15, -0.1) is 0 Å². The van der Waals surface area contributed by atoms with Crippen LogP contribution in [0.2, 0.25) is 0 Å². The molecule has 2 nitrogen and oxygen atoms in total. The Morgan fingerprint density at radius 1 is 1.14 bits per heavy atom. The monoisotopic (exact) mass is 198 g/mol. The quantitative estimate of drug-likeness (QED) is 0.485. The van der Waals surface area contributed by atoms with E-state index in [-0.39, 0.29) is 0 Å². The maximum absolute atomic E-state index is 9.81. The molecule has 0 spiro atoms. The molecule has 1 aliphatic rings. The molecule has 0 saturated heterocycles. The fourth-order valence-corrected chi connectivity index (χ4v) is 1.34. The molecule has 2 heteroatoms. The van der Waals surface area contributed by atoms with Crippen molar-refractivity contribution in [2.75, 3.05) is 0 Å². The highest BCUT2D eigenvalue weighted by Gasteiger charge is 2.15. The fraction of sp³-hybridized carbons (Fsp3) is 0.833. The van der Waals surface area contributed by atoms with Crippen LogP contribution in [0.5, 0.6) is 0 Å². The molecule has 0 atom stereocenters. The largest absolute Gasteiger partial charge is 0.303 e. The van der Waals surface area contributed by atoms with E-state index in [4.69, 9.17) is 0 Å². The normalized spacial score (nSPS) is 14.9. The van der Waals surface area contributed by atoms with E-state index in [2.05, 4.69) is 6.92 Å². The minimum Gasteiger partial charge on any atom is -0.303 e. The van der Waals surface area contributed by atoms with Crippen molar-refractivity contribution in [3.8, 4) is 0 Å². The van der Waals surface area contributed by atoms with Gasteiger partial charge in [0, 0.05) is 12.8 Å². The summed E-state index contributed by atoms with van der Waals surface area (Å²) in [5.41, 5.74) is 0. The van der Waals surface area contributed by atoms with E-state index in [9.17, 15) is 9.59 Å². The molecule has 1 saturated carbocycles. The topological polar surface area (TPSA) is 34.1 Å². The Labute approximate surface area is 87.1 Å². The molecule has 0 heterocycles. The van der Waals surface area contributed by atoms with Crippen LogP contribution in [0.1, 0.15) is 58.3 Å². The SMILES string of the molecule is CCCCCC=O.O=CCC1CCC1. The van der Waals surface area contributed by atoms with Crippen LogP contribution in [-0.2, 0) is 9.59 Å². The smallest absolute Gasteiger partial charge is 0.120 e. The number of hydrogen-bond donors (Lipinski definition) is 0. The first kappa shape index (κ1) is 13.3. The summed E-state index contributed by atoms with van der Waals surface area (Å²) >= 11 is 0. The predicted octanol–water partition coefficient (Wildman–Crippen LogP) is 3.14. The Kier molecular flexibility index (Phi) is 9.93. The molecule has 0 aromatic rings. The summed E-state index contributed by atoms with van der Waals surface area (Å²) in [7, 11) is 0. The zero-order valence-corrected chi connectivity index (χ0v) is 9.21. The third-order valence-electron chi connectivity index (χ3n) is 2.58. The number of carbonyl (C=O) groups is 2. The van der Waals surface area contributed by atoms with Gasteiger partial charge >= 0.3 is 0 Å². The van der Waals surface area contributed by atoms with E-state index in [0.29, 0.717) is 0 Å². The molecule has 14 heavy (non-hydrogen) atoms. The molecule has 0 aliphatic heterocycles. The number of hydrogen-bond acceptors (Lipinski definition) is 2. The second-order valence-electron chi connectivity index (χ2n) is 3.86. The molecular formula is C12H22O2. The van der Waals surface area contributed by atoms with Crippen molar-refractivity contribution >= 4 is 12.6 Å². The Hall–Kier alpha value is -0.660. The molecule has 0 bridgehead atoms. The van der Waals surface area contributed by atoms with Crippen molar-refractivity contribution in [1.82, 2.24) is 0 Å². The third kappa shape index (κ3) is 7.96. The molecule has 0 aromatic carbocycles. The second kappa shape index (κ2) is 10.4. The number of unbranched alkanes of at least 4 members (excludes halogenated alkanes) is 3. The molecule has 0 N–H and O–H groups in total. The molecule has 82 valence electrons. The Morgan fingerprint density at radius 3 is 2.14 bits per heavy atom. The standard InChI is InChI=1S/C6H10O.C6H12O/c7-5-4-6-2-1-3-6;1-2-3-4-5-6-7/h5-6H,1-4H2;6H,2-5H2,1H3. The van der Waals surface area contributed by atoms with Gasteiger partial charge in [-0.05, 0) is 12.3 Å².